The Kier molecular flexibility index (Phi) is 2.60. The summed E-state index contributed by atoms with van der Waals surface area (Å²) >= 11 is 7.51. The van der Waals surface area contributed by atoms with Crippen molar-refractivity contribution >= 4 is 34.1 Å². The normalized spacial score (nSPS) is 13.6. The van der Waals surface area contributed by atoms with E-state index < -0.39 is 0 Å². The Hall–Kier alpha value is -1.40. The van der Waals surface area contributed by atoms with Gasteiger partial charge in [-0.25, -0.2) is 9.67 Å². The van der Waals surface area contributed by atoms with Crippen molar-refractivity contribution in [2.45, 2.75) is 6.54 Å². The first kappa shape index (κ1) is 10.7. The first-order chi connectivity index (χ1) is 8.28. The maximum atomic E-state index is 5.99. The number of aromatic nitrogens is 4. The van der Waals surface area contributed by atoms with Gasteiger partial charge in [0.15, 0.2) is 0 Å². The van der Waals surface area contributed by atoms with Gasteiger partial charge >= 0.3 is 0 Å². The molecule has 86 valence electrons. The summed E-state index contributed by atoms with van der Waals surface area (Å²) in [6.45, 7) is 0.589. The quantitative estimate of drug-likeness (QED) is 0.732. The van der Waals surface area contributed by atoms with Gasteiger partial charge in [0, 0.05) is 10.6 Å². The summed E-state index contributed by atoms with van der Waals surface area (Å²) < 4.78 is 1.73. The molecule has 1 aromatic carbocycles. The van der Waals surface area contributed by atoms with E-state index in [0.29, 0.717) is 17.4 Å². The molecule has 1 aliphatic rings. The number of hydrogen-bond donors (Lipinski definition) is 0. The highest BCUT2D eigenvalue weighted by molar-refractivity contribution is 8.13. The van der Waals surface area contributed by atoms with E-state index in [1.165, 1.54) is 11.8 Å². The lowest BCUT2D eigenvalue weighted by atomic mass is 10.2. The van der Waals surface area contributed by atoms with Crippen LogP contribution in [0.15, 0.2) is 23.2 Å². The van der Waals surface area contributed by atoms with Crippen LogP contribution in [-0.4, -0.2) is 31.5 Å². The van der Waals surface area contributed by atoms with Gasteiger partial charge in [0.25, 0.3) is 0 Å². The van der Waals surface area contributed by atoms with Crippen molar-refractivity contribution < 1.29 is 0 Å². The molecule has 0 fully saturated rings. The Labute approximate surface area is 107 Å². The first-order valence-electron chi connectivity index (χ1n) is 4.95. The van der Waals surface area contributed by atoms with E-state index in [1.807, 2.05) is 24.5 Å². The third-order valence-corrected chi connectivity index (χ3v) is 3.40. The topological polar surface area (TPSA) is 56.0 Å². The number of hydrogen-bond acceptors (Lipinski definition) is 5. The predicted molar refractivity (Wildman–Crippen MR) is 68.1 cm³/mol. The van der Waals surface area contributed by atoms with Crippen molar-refractivity contribution in [3.8, 4) is 0 Å². The molecule has 0 aliphatic carbocycles. The zero-order chi connectivity index (χ0) is 11.8. The Morgan fingerprint density at radius 2 is 2.29 bits per heavy atom. The van der Waals surface area contributed by atoms with Crippen molar-refractivity contribution in [2.75, 3.05) is 6.26 Å². The highest BCUT2D eigenvalue weighted by Crippen LogP contribution is 2.28. The van der Waals surface area contributed by atoms with Gasteiger partial charge < -0.3 is 0 Å². The van der Waals surface area contributed by atoms with E-state index in [-0.39, 0.29) is 0 Å². The summed E-state index contributed by atoms with van der Waals surface area (Å²) in [6, 6.07) is 5.64. The molecule has 2 aromatic rings. The standard InChI is InChI=1S/C10H8ClN5S/c1-17-10-9-13-14-15-16(9)5-6-4-7(11)2-3-8(6)12-10/h2-4H,5H2,1H3. The maximum absolute atomic E-state index is 5.99. The second kappa shape index (κ2) is 4.12. The van der Waals surface area contributed by atoms with E-state index in [4.69, 9.17) is 11.6 Å². The molecule has 0 saturated heterocycles. The highest BCUT2D eigenvalue weighted by Gasteiger charge is 2.18. The predicted octanol–water partition coefficient (Wildman–Crippen LogP) is 2.13. The maximum Gasteiger partial charge on any atom is 0.207 e. The van der Waals surface area contributed by atoms with E-state index in [9.17, 15) is 0 Å². The summed E-state index contributed by atoms with van der Waals surface area (Å²) in [7, 11) is 0. The molecular weight excluding hydrogens is 258 g/mol. The van der Waals surface area contributed by atoms with Crippen LogP contribution in [0.4, 0.5) is 5.69 Å². The Morgan fingerprint density at radius 3 is 3.12 bits per heavy atom. The van der Waals surface area contributed by atoms with Crippen LogP contribution in [-0.2, 0) is 6.54 Å². The van der Waals surface area contributed by atoms with Gasteiger partial charge in [0.05, 0.1) is 12.2 Å². The average molecular weight is 266 g/mol. The van der Waals surface area contributed by atoms with Gasteiger partial charge in [-0.2, -0.15) is 0 Å². The number of benzene rings is 1. The smallest absolute Gasteiger partial charge is 0.207 e. The summed E-state index contributed by atoms with van der Waals surface area (Å²) in [6.07, 6.45) is 1.96. The SMILES string of the molecule is CSC1=Nc2ccc(Cl)cc2Cn2nnnc21. The Balaban J connectivity index is 2.22. The highest BCUT2D eigenvalue weighted by atomic mass is 35.5. The number of aliphatic imine (C=N–C) groups is 1. The molecule has 0 bridgehead atoms. The van der Waals surface area contributed by atoms with Crippen LogP contribution in [0.25, 0.3) is 0 Å². The molecule has 0 spiro atoms. The van der Waals surface area contributed by atoms with E-state index in [1.54, 1.807) is 4.68 Å². The molecule has 3 rings (SSSR count). The number of rotatable bonds is 0. The summed E-state index contributed by atoms with van der Waals surface area (Å²) in [4.78, 5) is 4.57. The molecule has 0 unspecified atom stereocenters. The molecule has 0 amide bonds. The van der Waals surface area contributed by atoms with Gasteiger partial charge in [-0.05, 0) is 34.9 Å². The monoisotopic (exact) mass is 265 g/mol. The van der Waals surface area contributed by atoms with Gasteiger partial charge in [0.2, 0.25) is 5.82 Å². The fourth-order valence-corrected chi connectivity index (χ4v) is 2.42. The lowest BCUT2D eigenvalue weighted by Crippen LogP contribution is -2.08. The summed E-state index contributed by atoms with van der Waals surface area (Å²) in [5.74, 6) is 0.699. The van der Waals surface area contributed by atoms with Gasteiger partial charge in [0.1, 0.15) is 5.04 Å². The number of fused-ring (bicyclic) bond motifs is 2. The minimum absolute atomic E-state index is 0.589. The van der Waals surface area contributed by atoms with E-state index in [2.05, 4.69) is 20.5 Å². The minimum atomic E-state index is 0.589. The van der Waals surface area contributed by atoms with Gasteiger partial charge in [-0.3, -0.25) is 0 Å². The summed E-state index contributed by atoms with van der Waals surface area (Å²) in [5.41, 5.74) is 1.93. The molecule has 1 aliphatic heterocycles. The van der Waals surface area contributed by atoms with E-state index in [0.717, 1.165) is 16.3 Å². The molecule has 7 heteroatoms. The van der Waals surface area contributed by atoms with Gasteiger partial charge in [-0.15, -0.1) is 16.9 Å². The van der Waals surface area contributed by atoms with Crippen LogP contribution < -0.4 is 0 Å². The van der Waals surface area contributed by atoms with Crippen LogP contribution >= 0.6 is 23.4 Å². The molecule has 5 nitrogen and oxygen atoms in total. The molecule has 0 saturated carbocycles. The third kappa shape index (κ3) is 1.83. The van der Waals surface area contributed by atoms with Crippen molar-refractivity contribution in [1.82, 2.24) is 20.2 Å². The van der Waals surface area contributed by atoms with E-state index >= 15 is 0 Å². The fraction of sp³-hybridized carbons (Fsp3) is 0.200. The zero-order valence-corrected chi connectivity index (χ0v) is 10.5. The lowest BCUT2D eigenvalue weighted by molar-refractivity contribution is 0.648. The molecule has 0 N–H and O–H groups in total. The first-order valence-corrected chi connectivity index (χ1v) is 6.56. The molecule has 17 heavy (non-hydrogen) atoms. The van der Waals surface area contributed by atoms with Gasteiger partial charge in [-0.1, -0.05) is 11.6 Å². The number of nitrogens with zero attached hydrogens (tertiary/aromatic N) is 5. The minimum Gasteiger partial charge on any atom is -0.238 e. The van der Waals surface area contributed by atoms with Crippen LogP contribution in [0.3, 0.4) is 0 Å². The largest absolute Gasteiger partial charge is 0.238 e. The van der Waals surface area contributed by atoms with Crippen LogP contribution in [0.5, 0.6) is 0 Å². The van der Waals surface area contributed by atoms with Crippen molar-refractivity contribution in [3.05, 3.63) is 34.6 Å². The number of halogens is 1. The Bertz CT molecular complexity index is 606. The van der Waals surface area contributed by atoms with Crippen molar-refractivity contribution in [1.29, 1.82) is 0 Å². The molecule has 0 atom stereocenters. The third-order valence-electron chi connectivity index (χ3n) is 2.50. The van der Waals surface area contributed by atoms with Crippen molar-refractivity contribution in [3.63, 3.8) is 0 Å². The number of tetrazole rings is 1. The zero-order valence-electron chi connectivity index (χ0n) is 8.96. The Morgan fingerprint density at radius 1 is 1.41 bits per heavy atom. The van der Waals surface area contributed by atoms with Crippen LogP contribution in [0, 0.1) is 0 Å². The second-order valence-corrected chi connectivity index (χ2v) is 4.79. The van der Waals surface area contributed by atoms with Crippen LogP contribution in [0.2, 0.25) is 5.02 Å². The molecular formula is C10H8ClN5S. The molecule has 1 aromatic heterocycles. The van der Waals surface area contributed by atoms with Crippen LogP contribution in [0.1, 0.15) is 11.4 Å². The molecule has 2 heterocycles. The average Bonchev–Trinajstić information content (AvgIpc) is 2.71. The summed E-state index contributed by atoms with van der Waals surface area (Å²) in [5, 5.41) is 13.1. The van der Waals surface area contributed by atoms with Crippen molar-refractivity contribution in [2.24, 2.45) is 4.99 Å². The molecule has 0 radical (unpaired) electrons. The second-order valence-electron chi connectivity index (χ2n) is 3.55. The fourth-order valence-electron chi connectivity index (χ4n) is 1.71. The number of thioether (sulfide) groups is 1. The lowest BCUT2D eigenvalue weighted by Gasteiger charge is -2.03.